The minimum Gasteiger partial charge on any atom is -0.464 e. The molecule has 1 aromatic heterocycles. The van der Waals surface area contributed by atoms with Gasteiger partial charge in [-0.15, -0.1) is 0 Å². The van der Waals surface area contributed by atoms with Gasteiger partial charge in [0.05, 0.1) is 6.04 Å². The molecule has 1 aliphatic carbocycles. The number of hydrogen-bond donors (Lipinski definition) is 1. The molecule has 2 heterocycles. The molecular formula is C17H29N3O. The minimum atomic E-state index is 0.222. The lowest BCUT2D eigenvalue weighted by Gasteiger charge is -2.26. The van der Waals surface area contributed by atoms with Crippen molar-refractivity contribution in [3.05, 3.63) is 23.7 Å². The number of rotatable bonds is 5. The molecule has 118 valence electrons. The van der Waals surface area contributed by atoms with Crippen molar-refractivity contribution in [2.75, 3.05) is 33.7 Å². The fourth-order valence-electron chi connectivity index (χ4n) is 3.82. The van der Waals surface area contributed by atoms with E-state index in [4.69, 9.17) is 10.2 Å². The van der Waals surface area contributed by atoms with Gasteiger partial charge in [0.15, 0.2) is 0 Å². The molecular weight excluding hydrogens is 262 g/mol. The van der Waals surface area contributed by atoms with Crippen LogP contribution in [0.15, 0.2) is 16.5 Å². The first-order valence-electron chi connectivity index (χ1n) is 8.21. The molecule has 4 nitrogen and oxygen atoms in total. The Bertz CT molecular complexity index is 484. The molecule has 1 saturated heterocycles. The molecule has 2 aliphatic rings. The smallest absolute Gasteiger partial charge is 0.122 e. The van der Waals surface area contributed by atoms with Crippen molar-refractivity contribution >= 4 is 0 Å². The van der Waals surface area contributed by atoms with Gasteiger partial charge in [-0.1, -0.05) is 13.8 Å². The maximum absolute atomic E-state index is 6.14. The maximum Gasteiger partial charge on any atom is 0.122 e. The van der Waals surface area contributed by atoms with Gasteiger partial charge >= 0.3 is 0 Å². The SMILES string of the molecule is CC1CC1c1ccc(C(CN)N2CC(C)C(N(C)C)C2)o1. The Labute approximate surface area is 128 Å². The van der Waals surface area contributed by atoms with Crippen LogP contribution >= 0.6 is 0 Å². The zero-order valence-electron chi connectivity index (χ0n) is 13.7. The summed E-state index contributed by atoms with van der Waals surface area (Å²) in [6, 6.07) is 5.14. The van der Waals surface area contributed by atoms with Crippen LogP contribution in [0, 0.1) is 11.8 Å². The predicted molar refractivity (Wildman–Crippen MR) is 85.2 cm³/mol. The monoisotopic (exact) mass is 291 g/mol. The van der Waals surface area contributed by atoms with Gasteiger partial charge in [-0.05, 0) is 44.5 Å². The third kappa shape index (κ3) is 2.89. The largest absolute Gasteiger partial charge is 0.464 e. The van der Waals surface area contributed by atoms with Crippen LogP contribution in [-0.2, 0) is 0 Å². The van der Waals surface area contributed by atoms with Crippen LogP contribution in [0.5, 0.6) is 0 Å². The van der Waals surface area contributed by atoms with Crippen molar-refractivity contribution in [3.63, 3.8) is 0 Å². The summed E-state index contributed by atoms with van der Waals surface area (Å²) in [6.07, 6.45) is 1.27. The van der Waals surface area contributed by atoms with Crippen molar-refractivity contribution in [1.82, 2.24) is 9.80 Å². The average molecular weight is 291 g/mol. The summed E-state index contributed by atoms with van der Waals surface area (Å²) < 4.78 is 6.14. The third-order valence-corrected chi connectivity index (χ3v) is 5.38. The highest BCUT2D eigenvalue weighted by Gasteiger charge is 2.39. The van der Waals surface area contributed by atoms with E-state index in [0.717, 1.165) is 30.5 Å². The molecule has 0 amide bonds. The third-order valence-electron chi connectivity index (χ3n) is 5.38. The highest BCUT2D eigenvalue weighted by molar-refractivity contribution is 5.20. The molecule has 4 heteroatoms. The van der Waals surface area contributed by atoms with Crippen molar-refractivity contribution in [2.45, 2.75) is 38.3 Å². The molecule has 0 aromatic carbocycles. The Balaban J connectivity index is 1.72. The van der Waals surface area contributed by atoms with E-state index in [1.54, 1.807) is 0 Å². The highest BCUT2D eigenvalue weighted by atomic mass is 16.3. The van der Waals surface area contributed by atoms with E-state index < -0.39 is 0 Å². The standard InChI is InChI=1S/C17H29N3O/c1-11-7-13(11)16-5-6-17(21-16)14(8-18)20-9-12(2)15(10-20)19(3)4/h5-6,11-15H,7-10,18H2,1-4H3. The molecule has 1 saturated carbocycles. The number of hydrogen-bond acceptors (Lipinski definition) is 4. The van der Waals surface area contributed by atoms with Crippen LogP contribution in [-0.4, -0.2) is 49.6 Å². The molecule has 1 aliphatic heterocycles. The number of furan rings is 1. The van der Waals surface area contributed by atoms with Crippen LogP contribution in [0.4, 0.5) is 0 Å². The van der Waals surface area contributed by atoms with Crippen LogP contribution in [0.1, 0.15) is 43.7 Å². The summed E-state index contributed by atoms with van der Waals surface area (Å²) in [7, 11) is 4.34. The van der Waals surface area contributed by atoms with E-state index in [0.29, 0.717) is 24.4 Å². The fourth-order valence-corrected chi connectivity index (χ4v) is 3.82. The topological polar surface area (TPSA) is 45.6 Å². The first-order chi connectivity index (χ1) is 10.0. The van der Waals surface area contributed by atoms with E-state index in [2.05, 4.69) is 49.9 Å². The minimum absolute atomic E-state index is 0.222. The molecule has 0 radical (unpaired) electrons. The zero-order chi connectivity index (χ0) is 15.1. The second kappa shape index (κ2) is 5.75. The number of likely N-dealkylation sites (N-methyl/N-ethyl adjacent to an activating group) is 1. The van der Waals surface area contributed by atoms with Crippen molar-refractivity contribution in [3.8, 4) is 0 Å². The molecule has 21 heavy (non-hydrogen) atoms. The Morgan fingerprint density at radius 3 is 2.52 bits per heavy atom. The van der Waals surface area contributed by atoms with Gasteiger partial charge in [0.2, 0.25) is 0 Å². The lowest BCUT2D eigenvalue weighted by molar-refractivity contribution is 0.197. The number of likely N-dealkylation sites (tertiary alicyclic amines) is 1. The van der Waals surface area contributed by atoms with Gasteiger partial charge < -0.3 is 15.1 Å². The summed E-state index contributed by atoms with van der Waals surface area (Å²) in [5, 5.41) is 0. The van der Waals surface area contributed by atoms with Gasteiger partial charge in [-0.3, -0.25) is 4.90 Å². The lowest BCUT2D eigenvalue weighted by atomic mass is 10.1. The van der Waals surface area contributed by atoms with Gasteiger partial charge in [-0.25, -0.2) is 0 Å². The normalized spacial score (nSPS) is 34.6. The summed E-state index contributed by atoms with van der Waals surface area (Å²) in [6.45, 7) is 7.42. The van der Waals surface area contributed by atoms with Crippen molar-refractivity contribution in [1.29, 1.82) is 0 Å². The maximum atomic E-state index is 6.14. The molecule has 5 unspecified atom stereocenters. The second-order valence-electron chi connectivity index (χ2n) is 7.27. The van der Waals surface area contributed by atoms with E-state index in [1.807, 2.05) is 0 Å². The molecule has 2 fully saturated rings. The van der Waals surface area contributed by atoms with Gasteiger partial charge in [0.1, 0.15) is 11.5 Å². The molecule has 1 aromatic rings. The van der Waals surface area contributed by atoms with Crippen LogP contribution in [0.25, 0.3) is 0 Å². The Kier molecular flexibility index (Phi) is 4.12. The average Bonchev–Trinajstić information content (AvgIpc) is 2.87. The van der Waals surface area contributed by atoms with Gasteiger partial charge in [0, 0.05) is 31.6 Å². The highest BCUT2D eigenvalue weighted by Crippen LogP contribution is 2.47. The molecule has 0 spiro atoms. The number of nitrogens with zero attached hydrogens (tertiary/aromatic N) is 2. The van der Waals surface area contributed by atoms with Crippen LogP contribution in [0.2, 0.25) is 0 Å². The zero-order valence-corrected chi connectivity index (χ0v) is 13.7. The fraction of sp³-hybridized carbons (Fsp3) is 0.765. The van der Waals surface area contributed by atoms with Crippen LogP contribution < -0.4 is 5.73 Å². The first-order valence-corrected chi connectivity index (χ1v) is 8.21. The van der Waals surface area contributed by atoms with E-state index >= 15 is 0 Å². The Hall–Kier alpha value is -0.840. The summed E-state index contributed by atoms with van der Waals surface area (Å²) >= 11 is 0. The Morgan fingerprint density at radius 2 is 2.00 bits per heavy atom. The Morgan fingerprint density at radius 1 is 1.29 bits per heavy atom. The summed E-state index contributed by atoms with van der Waals surface area (Å²) in [4.78, 5) is 4.83. The van der Waals surface area contributed by atoms with Crippen molar-refractivity contribution in [2.24, 2.45) is 17.6 Å². The van der Waals surface area contributed by atoms with Gasteiger partial charge in [0.25, 0.3) is 0 Å². The predicted octanol–water partition coefficient (Wildman–Crippen LogP) is 2.28. The number of nitrogens with two attached hydrogens (primary N) is 1. The molecule has 0 bridgehead atoms. The van der Waals surface area contributed by atoms with Crippen molar-refractivity contribution < 1.29 is 4.42 Å². The van der Waals surface area contributed by atoms with E-state index in [-0.39, 0.29) is 6.04 Å². The summed E-state index contributed by atoms with van der Waals surface area (Å²) in [5.41, 5.74) is 6.06. The first kappa shape index (κ1) is 15.1. The van der Waals surface area contributed by atoms with E-state index in [9.17, 15) is 0 Å². The summed E-state index contributed by atoms with van der Waals surface area (Å²) in [5.74, 6) is 4.31. The van der Waals surface area contributed by atoms with Crippen LogP contribution in [0.3, 0.4) is 0 Å². The quantitative estimate of drug-likeness (QED) is 0.904. The van der Waals surface area contributed by atoms with Gasteiger partial charge in [-0.2, -0.15) is 0 Å². The second-order valence-corrected chi connectivity index (χ2v) is 7.27. The van der Waals surface area contributed by atoms with E-state index in [1.165, 1.54) is 6.42 Å². The molecule has 3 rings (SSSR count). The molecule has 2 N–H and O–H groups in total. The lowest BCUT2D eigenvalue weighted by Crippen LogP contribution is -2.36. The molecule has 5 atom stereocenters.